The molecule has 1 aliphatic rings. The van der Waals surface area contributed by atoms with Gasteiger partial charge in [0.25, 0.3) is 0 Å². The lowest BCUT2D eigenvalue weighted by Crippen LogP contribution is -2.40. The standard InChI is InChI=1S/C8H15NO2/c1-5-2-3-6(8(10)11)7(9)4-5/h5-7H,2-4,9H2,1H3,(H,10,11). The Hall–Kier alpha value is -0.570. The summed E-state index contributed by atoms with van der Waals surface area (Å²) in [6.45, 7) is 2.12. The van der Waals surface area contributed by atoms with Crippen LogP contribution in [-0.2, 0) is 4.79 Å². The molecule has 64 valence electrons. The Morgan fingerprint density at radius 1 is 1.55 bits per heavy atom. The first-order valence-corrected chi connectivity index (χ1v) is 4.09. The third-order valence-corrected chi connectivity index (χ3v) is 2.48. The Kier molecular flexibility index (Phi) is 2.49. The highest BCUT2D eigenvalue weighted by molar-refractivity contribution is 5.71. The van der Waals surface area contributed by atoms with E-state index in [4.69, 9.17) is 10.8 Å². The zero-order chi connectivity index (χ0) is 8.43. The Balaban J connectivity index is 2.50. The number of nitrogens with two attached hydrogens (primary N) is 1. The molecule has 11 heavy (non-hydrogen) atoms. The number of hydrogen-bond donors (Lipinski definition) is 2. The average molecular weight is 157 g/mol. The van der Waals surface area contributed by atoms with Gasteiger partial charge in [-0.15, -0.1) is 0 Å². The van der Waals surface area contributed by atoms with E-state index in [2.05, 4.69) is 6.92 Å². The SMILES string of the molecule is CC1CCC(C(=O)O)C(N)C1. The monoisotopic (exact) mass is 157 g/mol. The Morgan fingerprint density at radius 2 is 2.18 bits per heavy atom. The van der Waals surface area contributed by atoms with Crippen molar-refractivity contribution in [3.05, 3.63) is 0 Å². The molecule has 0 aliphatic heterocycles. The summed E-state index contributed by atoms with van der Waals surface area (Å²) in [5.41, 5.74) is 5.69. The molecule has 3 heteroatoms. The van der Waals surface area contributed by atoms with E-state index >= 15 is 0 Å². The molecule has 0 aromatic carbocycles. The van der Waals surface area contributed by atoms with E-state index in [1.165, 1.54) is 0 Å². The fourth-order valence-corrected chi connectivity index (χ4v) is 1.73. The van der Waals surface area contributed by atoms with E-state index in [1.807, 2.05) is 0 Å². The summed E-state index contributed by atoms with van der Waals surface area (Å²) in [4.78, 5) is 10.6. The summed E-state index contributed by atoms with van der Waals surface area (Å²) in [7, 11) is 0. The minimum absolute atomic E-state index is 0.128. The minimum Gasteiger partial charge on any atom is -0.481 e. The molecule has 1 aliphatic carbocycles. The molecule has 0 spiro atoms. The van der Waals surface area contributed by atoms with Gasteiger partial charge in [-0.05, 0) is 25.2 Å². The number of carbonyl (C=O) groups is 1. The van der Waals surface area contributed by atoms with Crippen LogP contribution in [0.5, 0.6) is 0 Å². The molecule has 0 saturated heterocycles. The predicted octanol–water partition coefficient (Wildman–Crippen LogP) is 0.834. The molecule has 3 N–H and O–H groups in total. The van der Waals surface area contributed by atoms with E-state index in [0.717, 1.165) is 19.3 Å². The maximum atomic E-state index is 10.6. The average Bonchev–Trinajstić information content (AvgIpc) is 1.85. The largest absolute Gasteiger partial charge is 0.481 e. The van der Waals surface area contributed by atoms with Crippen molar-refractivity contribution in [2.45, 2.75) is 32.2 Å². The minimum atomic E-state index is -0.732. The third-order valence-electron chi connectivity index (χ3n) is 2.48. The zero-order valence-electron chi connectivity index (χ0n) is 6.79. The summed E-state index contributed by atoms with van der Waals surface area (Å²) < 4.78 is 0. The van der Waals surface area contributed by atoms with Gasteiger partial charge in [-0.3, -0.25) is 4.79 Å². The van der Waals surface area contributed by atoms with Gasteiger partial charge in [-0.2, -0.15) is 0 Å². The molecular weight excluding hydrogens is 142 g/mol. The van der Waals surface area contributed by atoms with Gasteiger partial charge in [0.1, 0.15) is 0 Å². The van der Waals surface area contributed by atoms with Crippen molar-refractivity contribution in [3.8, 4) is 0 Å². The lowest BCUT2D eigenvalue weighted by atomic mass is 9.79. The van der Waals surface area contributed by atoms with Crippen LogP contribution in [0, 0.1) is 11.8 Å². The van der Waals surface area contributed by atoms with Gasteiger partial charge in [0.15, 0.2) is 0 Å². The molecule has 1 fully saturated rings. The van der Waals surface area contributed by atoms with Crippen LogP contribution in [0.3, 0.4) is 0 Å². The van der Waals surface area contributed by atoms with Crippen molar-refractivity contribution >= 4 is 5.97 Å². The Morgan fingerprint density at radius 3 is 2.64 bits per heavy atom. The highest BCUT2D eigenvalue weighted by Crippen LogP contribution is 2.27. The Labute approximate surface area is 66.6 Å². The molecule has 0 aromatic heterocycles. The summed E-state index contributed by atoms with van der Waals surface area (Å²) in [5.74, 6) is -0.434. The molecule has 1 rings (SSSR count). The first-order chi connectivity index (χ1) is 5.11. The normalized spacial score (nSPS) is 38.5. The zero-order valence-corrected chi connectivity index (χ0v) is 6.79. The first-order valence-electron chi connectivity index (χ1n) is 4.09. The lowest BCUT2D eigenvalue weighted by Gasteiger charge is -2.29. The van der Waals surface area contributed by atoms with Gasteiger partial charge in [0.2, 0.25) is 0 Å². The molecule has 1 saturated carbocycles. The number of carboxylic acid groups (broad SMARTS) is 1. The van der Waals surface area contributed by atoms with Crippen LogP contribution in [0.15, 0.2) is 0 Å². The second kappa shape index (κ2) is 3.22. The van der Waals surface area contributed by atoms with Crippen molar-refractivity contribution in [2.24, 2.45) is 17.6 Å². The Bertz CT molecular complexity index is 158. The fraction of sp³-hybridized carbons (Fsp3) is 0.875. The van der Waals surface area contributed by atoms with Gasteiger partial charge < -0.3 is 10.8 Å². The lowest BCUT2D eigenvalue weighted by molar-refractivity contribution is -0.143. The molecule has 0 radical (unpaired) electrons. The molecular formula is C8H15NO2. The second-order valence-electron chi connectivity index (χ2n) is 3.53. The molecule has 0 bridgehead atoms. The number of aliphatic carboxylic acids is 1. The maximum absolute atomic E-state index is 10.6. The van der Waals surface area contributed by atoms with Crippen LogP contribution >= 0.6 is 0 Å². The van der Waals surface area contributed by atoms with Crippen LogP contribution in [0.4, 0.5) is 0 Å². The molecule has 3 unspecified atom stereocenters. The number of rotatable bonds is 1. The highest BCUT2D eigenvalue weighted by atomic mass is 16.4. The second-order valence-corrected chi connectivity index (χ2v) is 3.53. The fourth-order valence-electron chi connectivity index (χ4n) is 1.73. The molecule has 3 nitrogen and oxygen atoms in total. The van der Waals surface area contributed by atoms with E-state index in [9.17, 15) is 4.79 Å². The third kappa shape index (κ3) is 1.93. The van der Waals surface area contributed by atoms with E-state index < -0.39 is 5.97 Å². The van der Waals surface area contributed by atoms with Crippen molar-refractivity contribution in [1.82, 2.24) is 0 Å². The van der Waals surface area contributed by atoms with Crippen molar-refractivity contribution in [2.75, 3.05) is 0 Å². The predicted molar refractivity (Wildman–Crippen MR) is 42.1 cm³/mol. The van der Waals surface area contributed by atoms with Crippen LogP contribution in [-0.4, -0.2) is 17.1 Å². The van der Waals surface area contributed by atoms with Gasteiger partial charge in [0.05, 0.1) is 5.92 Å². The van der Waals surface area contributed by atoms with E-state index in [0.29, 0.717) is 5.92 Å². The van der Waals surface area contributed by atoms with E-state index in [-0.39, 0.29) is 12.0 Å². The van der Waals surface area contributed by atoms with Crippen LogP contribution in [0.2, 0.25) is 0 Å². The highest BCUT2D eigenvalue weighted by Gasteiger charge is 2.30. The maximum Gasteiger partial charge on any atom is 0.308 e. The van der Waals surface area contributed by atoms with Gasteiger partial charge in [0, 0.05) is 6.04 Å². The quantitative estimate of drug-likeness (QED) is 0.592. The van der Waals surface area contributed by atoms with Gasteiger partial charge in [-0.25, -0.2) is 0 Å². The van der Waals surface area contributed by atoms with Crippen LogP contribution in [0.25, 0.3) is 0 Å². The van der Waals surface area contributed by atoms with Crippen molar-refractivity contribution in [3.63, 3.8) is 0 Å². The summed E-state index contributed by atoms with van der Waals surface area (Å²) in [6, 6.07) is -0.128. The topological polar surface area (TPSA) is 63.3 Å². The molecule has 0 heterocycles. The molecule has 0 amide bonds. The van der Waals surface area contributed by atoms with Gasteiger partial charge >= 0.3 is 5.97 Å². The smallest absolute Gasteiger partial charge is 0.308 e. The number of hydrogen-bond acceptors (Lipinski definition) is 2. The van der Waals surface area contributed by atoms with Gasteiger partial charge in [-0.1, -0.05) is 6.92 Å². The molecule has 3 atom stereocenters. The van der Waals surface area contributed by atoms with Crippen LogP contribution in [0.1, 0.15) is 26.2 Å². The van der Waals surface area contributed by atoms with Crippen molar-refractivity contribution in [1.29, 1.82) is 0 Å². The van der Waals surface area contributed by atoms with Crippen molar-refractivity contribution < 1.29 is 9.90 Å². The first kappa shape index (κ1) is 8.53. The summed E-state index contributed by atoms with van der Waals surface area (Å²) >= 11 is 0. The summed E-state index contributed by atoms with van der Waals surface area (Å²) in [5, 5.41) is 8.71. The molecule has 0 aromatic rings. The number of carboxylic acids is 1. The summed E-state index contributed by atoms with van der Waals surface area (Å²) in [6.07, 6.45) is 2.61. The van der Waals surface area contributed by atoms with E-state index in [1.54, 1.807) is 0 Å². The van der Waals surface area contributed by atoms with Crippen LogP contribution < -0.4 is 5.73 Å².